The standard InChI is InChI=1S/C16H25N3O/c1-2-17-15-9-6-10-19(12-15)13-16(20)18-11-14-7-4-3-5-8-14/h3-5,7-8,15,17H,2,6,9-13H2,1H3,(H,18,20). The summed E-state index contributed by atoms with van der Waals surface area (Å²) >= 11 is 0. The summed E-state index contributed by atoms with van der Waals surface area (Å²) in [6.07, 6.45) is 2.39. The van der Waals surface area contributed by atoms with Crippen molar-refractivity contribution < 1.29 is 4.79 Å². The average molecular weight is 275 g/mol. The highest BCUT2D eigenvalue weighted by Crippen LogP contribution is 2.09. The molecule has 0 saturated carbocycles. The van der Waals surface area contributed by atoms with E-state index in [1.807, 2.05) is 30.3 Å². The van der Waals surface area contributed by atoms with E-state index < -0.39 is 0 Å². The van der Waals surface area contributed by atoms with Crippen molar-refractivity contribution in [2.45, 2.75) is 32.4 Å². The van der Waals surface area contributed by atoms with Gasteiger partial charge in [-0.15, -0.1) is 0 Å². The number of nitrogens with zero attached hydrogens (tertiary/aromatic N) is 1. The van der Waals surface area contributed by atoms with Crippen LogP contribution in [0, 0.1) is 0 Å². The molecule has 110 valence electrons. The van der Waals surface area contributed by atoms with Crippen molar-refractivity contribution in [3.8, 4) is 0 Å². The number of hydrogen-bond donors (Lipinski definition) is 2. The molecule has 1 aliphatic rings. The van der Waals surface area contributed by atoms with E-state index in [4.69, 9.17) is 0 Å². The summed E-state index contributed by atoms with van der Waals surface area (Å²) in [6, 6.07) is 10.6. The first kappa shape index (κ1) is 15.0. The van der Waals surface area contributed by atoms with Crippen molar-refractivity contribution in [1.29, 1.82) is 0 Å². The van der Waals surface area contributed by atoms with Gasteiger partial charge in [-0.25, -0.2) is 0 Å². The lowest BCUT2D eigenvalue weighted by Gasteiger charge is -2.32. The summed E-state index contributed by atoms with van der Waals surface area (Å²) in [6.45, 7) is 6.26. The molecule has 1 atom stereocenters. The SMILES string of the molecule is CCNC1CCCN(CC(=O)NCc2ccccc2)C1. The molecule has 2 N–H and O–H groups in total. The fourth-order valence-corrected chi connectivity index (χ4v) is 2.71. The number of hydrogen-bond acceptors (Lipinski definition) is 3. The van der Waals surface area contributed by atoms with Gasteiger partial charge in [0, 0.05) is 19.1 Å². The Bertz CT molecular complexity index is 405. The summed E-state index contributed by atoms with van der Waals surface area (Å²) in [7, 11) is 0. The van der Waals surface area contributed by atoms with Crippen molar-refractivity contribution in [3.05, 3.63) is 35.9 Å². The molecule has 1 fully saturated rings. The van der Waals surface area contributed by atoms with E-state index in [2.05, 4.69) is 22.5 Å². The number of likely N-dealkylation sites (N-methyl/N-ethyl adjacent to an activating group) is 1. The van der Waals surface area contributed by atoms with Crippen LogP contribution in [-0.2, 0) is 11.3 Å². The molecule has 0 spiro atoms. The predicted molar refractivity (Wildman–Crippen MR) is 81.4 cm³/mol. The minimum atomic E-state index is 0.117. The highest BCUT2D eigenvalue weighted by Gasteiger charge is 2.20. The smallest absolute Gasteiger partial charge is 0.234 e. The predicted octanol–water partition coefficient (Wildman–Crippen LogP) is 1.38. The lowest BCUT2D eigenvalue weighted by atomic mass is 10.1. The molecule has 1 aliphatic heterocycles. The Morgan fingerprint density at radius 2 is 2.15 bits per heavy atom. The van der Waals surface area contributed by atoms with Crippen LogP contribution in [0.4, 0.5) is 0 Å². The first-order valence-electron chi connectivity index (χ1n) is 7.54. The Morgan fingerprint density at radius 1 is 1.35 bits per heavy atom. The van der Waals surface area contributed by atoms with Gasteiger partial charge in [0.25, 0.3) is 0 Å². The van der Waals surface area contributed by atoms with Crippen LogP contribution in [0.5, 0.6) is 0 Å². The van der Waals surface area contributed by atoms with Crippen LogP contribution in [-0.4, -0.2) is 43.0 Å². The molecule has 1 amide bonds. The second kappa shape index (κ2) is 8.02. The van der Waals surface area contributed by atoms with Gasteiger partial charge in [0.15, 0.2) is 0 Å². The van der Waals surface area contributed by atoms with Crippen LogP contribution >= 0.6 is 0 Å². The van der Waals surface area contributed by atoms with Gasteiger partial charge in [-0.1, -0.05) is 37.3 Å². The van der Waals surface area contributed by atoms with E-state index in [0.717, 1.165) is 25.2 Å². The monoisotopic (exact) mass is 275 g/mol. The fourth-order valence-electron chi connectivity index (χ4n) is 2.71. The van der Waals surface area contributed by atoms with Crippen LogP contribution in [0.1, 0.15) is 25.3 Å². The Hall–Kier alpha value is -1.39. The zero-order chi connectivity index (χ0) is 14.2. The molecule has 20 heavy (non-hydrogen) atoms. The first-order valence-corrected chi connectivity index (χ1v) is 7.54. The Balaban J connectivity index is 1.71. The lowest BCUT2D eigenvalue weighted by Crippen LogP contribution is -2.48. The maximum atomic E-state index is 12.0. The van der Waals surface area contributed by atoms with Crippen LogP contribution in [0.15, 0.2) is 30.3 Å². The number of piperidine rings is 1. The van der Waals surface area contributed by atoms with E-state index in [9.17, 15) is 4.79 Å². The second-order valence-corrected chi connectivity index (χ2v) is 5.39. The van der Waals surface area contributed by atoms with E-state index in [1.165, 1.54) is 12.8 Å². The maximum absolute atomic E-state index is 12.0. The van der Waals surface area contributed by atoms with Crippen molar-refractivity contribution in [3.63, 3.8) is 0 Å². The molecular formula is C16H25N3O. The molecule has 1 aromatic rings. The van der Waals surface area contributed by atoms with E-state index >= 15 is 0 Å². The summed E-state index contributed by atoms with van der Waals surface area (Å²) in [5.74, 6) is 0.117. The topological polar surface area (TPSA) is 44.4 Å². The minimum absolute atomic E-state index is 0.117. The fraction of sp³-hybridized carbons (Fsp3) is 0.562. The number of carbonyl (C=O) groups excluding carboxylic acids is 1. The highest BCUT2D eigenvalue weighted by molar-refractivity contribution is 5.78. The second-order valence-electron chi connectivity index (χ2n) is 5.39. The van der Waals surface area contributed by atoms with Gasteiger partial charge >= 0.3 is 0 Å². The van der Waals surface area contributed by atoms with Crippen molar-refractivity contribution >= 4 is 5.91 Å². The summed E-state index contributed by atoms with van der Waals surface area (Å²) in [5, 5.41) is 6.46. The van der Waals surface area contributed by atoms with Crippen LogP contribution in [0.25, 0.3) is 0 Å². The molecule has 0 bridgehead atoms. The van der Waals surface area contributed by atoms with Gasteiger partial charge in [-0.05, 0) is 31.5 Å². The van der Waals surface area contributed by atoms with Crippen molar-refractivity contribution in [2.75, 3.05) is 26.2 Å². The number of amides is 1. The molecule has 2 rings (SSSR count). The van der Waals surface area contributed by atoms with Gasteiger partial charge < -0.3 is 10.6 Å². The highest BCUT2D eigenvalue weighted by atomic mass is 16.2. The van der Waals surface area contributed by atoms with E-state index in [1.54, 1.807) is 0 Å². The molecule has 1 heterocycles. The van der Waals surface area contributed by atoms with Crippen LogP contribution in [0.2, 0.25) is 0 Å². The normalized spacial score (nSPS) is 19.8. The largest absolute Gasteiger partial charge is 0.351 e. The minimum Gasteiger partial charge on any atom is -0.351 e. The van der Waals surface area contributed by atoms with Gasteiger partial charge in [0.1, 0.15) is 0 Å². The van der Waals surface area contributed by atoms with Crippen LogP contribution in [0.3, 0.4) is 0 Å². The molecule has 1 saturated heterocycles. The summed E-state index contributed by atoms with van der Waals surface area (Å²) < 4.78 is 0. The number of benzene rings is 1. The number of rotatable bonds is 6. The van der Waals surface area contributed by atoms with E-state index in [0.29, 0.717) is 19.1 Å². The molecular weight excluding hydrogens is 250 g/mol. The van der Waals surface area contributed by atoms with Gasteiger partial charge in [-0.2, -0.15) is 0 Å². The van der Waals surface area contributed by atoms with Crippen molar-refractivity contribution in [2.24, 2.45) is 0 Å². The lowest BCUT2D eigenvalue weighted by molar-refractivity contribution is -0.122. The zero-order valence-corrected chi connectivity index (χ0v) is 12.3. The Morgan fingerprint density at radius 3 is 2.90 bits per heavy atom. The third-order valence-corrected chi connectivity index (χ3v) is 3.70. The maximum Gasteiger partial charge on any atom is 0.234 e. The number of carbonyl (C=O) groups is 1. The van der Waals surface area contributed by atoms with Crippen LogP contribution < -0.4 is 10.6 Å². The third kappa shape index (κ3) is 4.94. The zero-order valence-electron chi connectivity index (χ0n) is 12.3. The Labute approximate surface area is 121 Å². The van der Waals surface area contributed by atoms with E-state index in [-0.39, 0.29) is 5.91 Å². The summed E-state index contributed by atoms with van der Waals surface area (Å²) in [4.78, 5) is 14.2. The number of nitrogens with one attached hydrogen (secondary N) is 2. The molecule has 1 aromatic carbocycles. The van der Waals surface area contributed by atoms with Crippen molar-refractivity contribution in [1.82, 2.24) is 15.5 Å². The molecule has 0 radical (unpaired) electrons. The first-order chi connectivity index (χ1) is 9.78. The molecule has 0 aromatic heterocycles. The molecule has 0 aliphatic carbocycles. The Kier molecular flexibility index (Phi) is 6.02. The van der Waals surface area contributed by atoms with Gasteiger partial charge in [0.05, 0.1) is 6.54 Å². The van der Waals surface area contributed by atoms with Gasteiger partial charge in [-0.3, -0.25) is 9.69 Å². The average Bonchev–Trinajstić information content (AvgIpc) is 2.47. The number of likely N-dealkylation sites (tertiary alicyclic amines) is 1. The molecule has 4 nitrogen and oxygen atoms in total. The quantitative estimate of drug-likeness (QED) is 0.824. The molecule has 1 unspecified atom stereocenters. The molecule has 4 heteroatoms. The summed E-state index contributed by atoms with van der Waals surface area (Å²) in [5.41, 5.74) is 1.14. The third-order valence-electron chi connectivity index (χ3n) is 3.70. The van der Waals surface area contributed by atoms with Gasteiger partial charge in [0.2, 0.25) is 5.91 Å².